The summed E-state index contributed by atoms with van der Waals surface area (Å²) in [6.45, 7) is 5.20. The first-order chi connectivity index (χ1) is 49.7. The van der Waals surface area contributed by atoms with Gasteiger partial charge in [-0.1, -0.05) is 34.6 Å². The quantitative estimate of drug-likeness (QED) is 0.0145. The number of imidazole rings is 2. The van der Waals surface area contributed by atoms with Crippen molar-refractivity contribution in [1.29, 1.82) is 0 Å². The molecule has 0 bridgehead atoms. The van der Waals surface area contributed by atoms with Crippen molar-refractivity contribution in [2.45, 2.75) is 148 Å². The Morgan fingerprint density at radius 2 is 0.880 bits per heavy atom. The number of aliphatic hydroxyl groups is 5. The molecule has 0 aliphatic carbocycles. The number of aliphatic hydroxyl groups excluding tert-OH is 5. The lowest BCUT2D eigenvalue weighted by molar-refractivity contribution is -0.348. The number of aromatic nitrogens is 8. The van der Waals surface area contributed by atoms with Crippen molar-refractivity contribution in [1.82, 2.24) is 60.3 Å². The van der Waals surface area contributed by atoms with Crippen LogP contribution >= 0.6 is 46.9 Å². The molecule has 610 valence electrons. The minimum Gasteiger partial charge on any atom is -0.790 e. The number of amides is 4. The average molecular weight is 1660 g/mol. The van der Waals surface area contributed by atoms with Crippen LogP contribution in [0.1, 0.15) is 93.5 Å². The first kappa shape index (κ1) is 92.7. The topological polar surface area (TPSA) is 787 Å². The molecule has 0 spiro atoms. The summed E-state index contributed by atoms with van der Waals surface area (Å²) < 4.78 is 121. The number of carbonyl (C=O) groups is 7. The maximum absolute atomic E-state index is 12.5. The molecule has 2 fully saturated rings. The minimum absolute atomic E-state index is 0.0103. The van der Waals surface area contributed by atoms with Gasteiger partial charge in [0.2, 0.25) is 23.6 Å². The van der Waals surface area contributed by atoms with Gasteiger partial charge in [0.15, 0.2) is 35.4 Å². The fourth-order valence-electron chi connectivity index (χ4n) is 9.42. The Morgan fingerprint density at radius 3 is 1.22 bits per heavy atom. The molecule has 2 aliphatic heterocycles. The predicted molar refractivity (Wildman–Crippen MR) is 341 cm³/mol. The summed E-state index contributed by atoms with van der Waals surface area (Å²) in [6, 6.07) is 0. The monoisotopic (exact) mass is 1660 g/mol. The number of phosphoric acid groups is 6. The molecule has 4 aromatic rings. The van der Waals surface area contributed by atoms with Crippen molar-refractivity contribution in [3.05, 3.63) is 25.3 Å². The van der Waals surface area contributed by atoms with E-state index in [1.807, 2.05) is 0 Å². The molecule has 0 radical (unpaired) electrons. The highest BCUT2D eigenvalue weighted by atomic mass is 31.3. The Balaban J connectivity index is 0.000000387. The number of fused-ring (bicyclic) bond motifs is 2. The van der Waals surface area contributed by atoms with Crippen LogP contribution in [0.15, 0.2) is 25.3 Å². The van der Waals surface area contributed by atoms with Crippen LogP contribution in [0, 0.1) is 22.7 Å². The van der Waals surface area contributed by atoms with Crippen LogP contribution in [0.3, 0.4) is 0 Å². The van der Waals surface area contributed by atoms with Crippen LogP contribution < -0.4 is 71.9 Å². The smallest absolute Gasteiger partial charge is 0.274 e. The van der Waals surface area contributed by atoms with Crippen molar-refractivity contribution < 1.29 is 171 Å². The van der Waals surface area contributed by atoms with E-state index in [2.05, 4.69) is 86.9 Å². The molecule has 4 amide bonds. The maximum atomic E-state index is 12.5. The second-order valence-electron chi connectivity index (χ2n) is 25.3. The molecule has 6 heterocycles. The molecule has 0 aromatic carbocycles. The van der Waals surface area contributed by atoms with Gasteiger partial charge < -0.3 is 143 Å². The van der Waals surface area contributed by atoms with Crippen LogP contribution in [0.4, 0.5) is 11.6 Å². The third-order valence-corrected chi connectivity index (χ3v) is 21.8. The molecule has 17 unspecified atom stereocenters. The highest BCUT2D eigenvalue weighted by molar-refractivity contribution is 7.60. The number of carbonyl (C=O) groups excluding carboxylic acids is 7. The first-order valence-electron chi connectivity index (χ1n) is 31.6. The summed E-state index contributed by atoms with van der Waals surface area (Å²) in [6.07, 6.45) is -16.4. The number of ketones is 3. The Labute approximate surface area is 611 Å². The zero-order valence-electron chi connectivity index (χ0n) is 58.1. The van der Waals surface area contributed by atoms with E-state index in [4.69, 9.17) is 20.9 Å². The number of hydrogen-bond acceptors (Lipinski definition) is 44. The molecule has 2 aliphatic rings. The largest absolute Gasteiger partial charge is 0.790 e. The average Bonchev–Trinajstić information content (AvgIpc) is 1.62. The third kappa shape index (κ3) is 27.8. The summed E-state index contributed by atoms with van der Waals surface area (Å²) >= 11 is 0. The van der Waals surface area contributed by atoms with Crippen LogP contribution in [0.25, 0.3) is 22.3 Å². The van der Waals surface area contributed by atoms with E-state index in [-0.39, 0.29) is 103 Å². The molecule has 56 heteroatoms. The summed E-state index contributed by atoms with van der Waals surface area (Å²) in [5.74, 6) is -5.74. The van der Waals surface area contributed by atoms with E-state index in [0.29, 0.717) is 0 Å². The van der Waals surface area contributed by atoms with E-state index in [1.54, 1.807) is 6.92 Å². The number of nitrogens with one attached hydrogen (secondary N) is 4. The van der Waals surface area contributed by atoms with Crippen LogP contribution in [-0.2, 0) is 106 Å². The highest BCUT2D eigenvalue weighted by Gasteiger charge is 2.49. The zero-order valence-corrected chi connectivity index (χ0v) is 63.5. The van der Waals surface area contributed by atoms with Gasteiger partial charge in [0.05, 0.1) is 66.7 Å². The molecule has 6 rings (SSSR count). The third-order valence-electron chi connectivity index (χ3n) is 15.8. The van der Waals surface area contributed by atoms with Gasteiger partial charge in [-0.05, 0) is 20.8 Å². The van der Waals surface area contributed by atoms with Crippen LogP contribution in [0.5, 0.6) is 0 Å². The van der Waals surface area contributed by atoms with E-state index in [1.165, 1.54) is 48.5 Å². The number of anilines is 2. The van der Waals surface area contributed by atoms with E-state index < -0.39 is 187 Å². The zero-order chi connectivity index (χ0) is 81.6. The van der Waals surface area contributed by atoms with Crippen molar-refractivity contribution in [2.75, 3.05) is 64.1 Å². The fourth-order valence-corrected chi connectivity index (χ4v) is 14.9. The van der Waals surface area contributed by atoms with Crippen LogP contribution in [0.2, 0.25) is 0 Å². The summed E-state index contributed by atoms with van der Waals surface area (Å²) in [4.78, 5) is 203. The summed E-state index contributed by atoms with van der Waals surface area (Å²) in [5.41, 5.74) is 8.04. The Bertz CT molecular complexity index is 4140. The van der Waals surface area contributed by atoms with E-state index >= 15 is 0 Å². The van der Waals surface area contributed by atoms with Crippen molar-refractivity contribution in [2.24, 2.45) is 22.7 Å². The van der Waals surface area contributed by atoms with Crippen molar-refractivity contribution in [3.63, 3.8) is 0 Å². The molecule has 13 N–H and O–H groups in total. The van der Waals surface area contributed by atoms with E-state index in [9.17, 15) is 126 Å². The number of nitrogen functional groups attached to an aromatic ring is 2. The SMILES string of the molecule is CC(=O)C(C)C(=O)CCNC(=O)CCNC(=O)C(O)C(C)(C)COP(=O)([O-])OP(=O)([O-])OCC1OC(n2cnc3c(N)ncnc32)C(O)C1OP(=O)([O-])[O-].CC(O)C(C)C(=O)CCNC(=O)CCNC(=O)C(O)C(C)(C)COP(=O)([O-])OP(=O)([O-])OCC1OC(n2cnc3c(N)ncnc32)C(O)C1OP(=O)([O-])[O-]. The van der Waals surface area contributed by atoms with Gasteiger partial charge in [0.1, 0.15) is 89.9 Å². The number of rotatable bonds is 42. The number of nitrogens with zero attached hydrogens (tertiary/aromatic N) is 8. The Kier molecular flexibility index (Phi) is 33.0. The van der Waals surface area contributed by atoms with Gasteiger partial charge in [-0.2, -0.15) is 0 Å². The number of nitrogens with two attached hydrogens (primary N) is 2. The van der Waals surface area contributed by atoms with Gasteiger partial charge in [-0.3, -0.25) is 61.0 Å². The molecular formula is C52H78N14O36P6-8. The molecular weight excluding hydrogens is 1580 g/mol. The summed E-state index contributed by atoms with van der Waals surface area (Å²) in [5, 5.41) is 61.4. The lowest BCUT2D eigenvalue weighted by Gasteiger charge is -2.36. The number of ether oxygens (including phenoxy) is 2. The lowest BCUT2D eigenvalue weighted by Crippen LogP contribution is -2.46. The number of hydrogen-bond donors (Lipinski definition) is 11. The maximum Gasteiger partial charge on any atom is 0.274 e. The van der Waals surface area contributed by atoms with Gasteiger partial charge in [0, 0.05) is 68.6 Å². The normalized spacial score (nSPS) is 22.9. The first-order valence-corrected chi connectivity index (χ1v) is 40.3. The van der Waals surface area contributed by atoms with Crippen molar-refractivity contribution >= 4 is 122 Å². The van der Waals surface area contributed by atoms with Gasteiger partial charge in [0.25, 0.3) is 31.3 Å². The lowest BCUT2D eigenvalue weighted by atomic mass is 9.87. The van der Waals surface area contributed by atoms with Crippen LogP contribution in [-0.4, -0.2) is 213 Å². The second-order valence-corrected chi connectivity index (χ2v) is 33.4. The van der Waals surface area contributed by atoms with Gasteiger partial charge in [-0.15, -0.1) is 0 Å². The number of phosphoric ester groups is 6. The Morgan fingerprint density at radius 1 is 0.537 bits per heavy atom. The van der Waals surface area contributed by atoms with E-state index in [0.717, 1.165) is 34.4 Å². The van der Waals surface area contributed by atoms with Gasteiger partial charge in [-0.25, -0.2) is 38.5 Å². The fraction of sp³-hybridized carbons (Fsp3) is 0.673. The minimum atomic E-state index is -5.92. The second kappa shape index (κ2) is 38.5. The summed E-state index contributed by atoms with van der Waals surface area (Å²) in [7, 11) is -35.2. The molecule has 4 aromatic heterocycles. The number of Topliss-reactive ketones (excluding diaryl/α,β-unsaturated/α-hetero) is 3. The molecule has 0 saturated carbocycles. The molecule has 17 atom stereocenters. The molecule has 50 nitrogen and oxygen atoms in total. The Hall–Kier alpha value is -5.95. The molecule has 2 saturated heterocycles. The van der Waals surface area contributed by atoms with Gasteiger partial charge >= 0.3 is 0 Å². The highest BCUT2D eigenvalue weighted by Crippen LogP contribution is 2.58. The molecule has 108 heavy (non-hydrogen) atoms. The standard InChI is InChI=1S/C26H44N7O18P3.C26H42N7O18P3/c2*1-13(14(2)34)15(35)5-7-28-17(36)6-8-29-24(39)21(38)26(3,4)10-48-54(45,46)51-53(43,44)47-9-16-20(50-52(40,41)42)19(37)25(49-16)33-12-32-18-22(27)30-11-31-23(18)33/h11-14,16,19-21,25,34,37-38H,5-10H2,1-4H3,(H,28,36)(H,29,39)(H,43,44)(H,45,46)(H2,27,30,31)(H2,40,41,42);11-13,16,19-21,25,37-38H,5-10H2,1-4H3,(H,28,36)(H,29,39)(H,43,44)(H,45,46)(H2,27,30,31)(H2,40,41,42)/p-8. The predicted octanol–water partition coefficient (Wildman–Crippen LogP) is -8.09. The van der Waals surface area contributed by atoms with Crippen molar-refractivity contribution in [3.8, 4) is 0 Å².